The summed E-state index contributed by atoms with van der Waals surface area (Å²) in [4.78, 5) is 16.5. The van der Waals surface area contributed by atoms with Crippen LogP contribution in [0.1, 0.15) is 85.7 Å². The van der Waals surface area contributed by atoms with Gasteiger partial charge in [-0.3, -0.25) is 4.79 Å². The molecule has 0 unspecified atom stereocenters. The molecule has 2 heterocycles. The number of unbranched alkanes of at least 4 members (excludes halogenated alkanes) is 2. The molecule has 0 aliphatic rings. The molecule has 0 spiro atoms. The zero-order chi connectivity index (χ0) is 22.9. The quantitative estimate of drug-likeness (QED) is 0.285. The largest absolute Gasteiger partial charge is 0.481 e. The number of aliphatic hydroxyl groups excluding tert-OH is 1. The van der Waals surface area contributed by atoms with E-state index in [1.165, 1.54) is 25.9 Å². The van der Waals surface area contributed by atoms with Gasteiger partial charge in [0.15, 0.2) is 0 Å². The normalized spacial score (nSPS) is 12.7. The van der Waals surface area contributed by atoms with E-state index in [9.17, 15) is 15.0 Å². The predicted octanol–water partition coefficient (Wildman–Crippen LogP) is 7.53. The van der Waals surface area contributed by atoms with Gasteiger partial charge in [-0.05, 0) is 94.2 Å². The van der Waals surface area contributed by atoms with Crippen molar-refractivity contribution in [1.29, 1.82) is 0 Å². The highest BCUT2D eigenvalue weighted by Crippen LogP contribution is 2.27. The second-order valence-electron chi connectivity index (χ2n) is 9.87. The number of aryl methyl sites for hydroxylation is 2. The molecule has 2 aromatic heterocycles. The Morgan fingerprint density at radius 2 is 1.32 bits per heavy atom. The van der Waals surface area contributed by atoms with Gasteiger partial charge in [0, 0.05) is 26.1 Å². The van der Waals surface area contributed by atoms with Crippen LogP contribution in [0.4, 0.5) is 0 Å². The molecule has 5 heteroatoms. The minimum absolute atomic E-state index is 0.0397. The molecule has 0 aliphatic carbocycles. The van der Waals surface area contributed by atoms with Gasteiger partial charge in [-0.15, -0.1) is 22.7 Å². The summed E-state index contributed by atoms with van der Waals surface area (Å²) in [6.45, 7) is 8.11. The summed E-state index contributed by atoms with van der Waals surface area (Å²) in [5.74, 6) is -0.710. The second-order valence-corrected chi connectivity index (χ2v) is 12.3. The molecule has 0 aromatic carbocycles. The van der Waals surface area contributed by atoms with Gasteiger partial charge in [-0.25, -0.2) is 0 Å². The number of carboxylic acids is 1. The van der Waals surface area contributed by atoms with Crippen LogP contribution in [0.5, 0.6) is 0 Å². The molecule has 0 radical (unpaired) electrons. The number of aliphatic carboxylic acids is 1. The Morgan fingerprint density at radius 1 is 0.839 bits per heavy atom. The minimum atomic E-state index is -0.710. The average Bonchev–Trinajstić information content (AvgIpc) is 3.36. The first-order valence-corrected chi connectivity index (χ1v) is 12.9. The third-order valence-corrected chi connectivity index (χ3v) is 8.01. The zero-order valence-electron chi connectivity index (χ0n) is 19.4. The van der Waals surface area contributed by atoms with Crippen molar-refractivity contribution in [2.75, 3.05) is 6.61 Å². The van der Waals surface area contributed by atoms with Crippen molar-refractivity contribution in [1.82, 2.24) is 0 Å². The van der Waals surface area contributed by atoms with Gasteiger partial charge < -0.3 is 10.2 Å². The van der Waals surface area contributed by atoms with Crippen molar-refractivity contribution >= 4 is 40.8 Å². The molecular weight excluding hydrogens is 424 g/mol. The Kier molecular flexibility index (Phi) is 9.98. The molecule has 0 atom stereocenters. The lowest BCUT2D eigenvalue weighted by atomic mass is 9.87. The first-order chi connectivity index (χ1) is 14.6. The molecule has 0 aliphatic heterocycles. The third-order valence-electron chi connectivity index (χ3n) is 5.79. The van der Waals surface area contributed by atoms with Gasteiger partial charge in [0.1, 0.15) is 0 Å². The molecule has 0 saturated heterocycles. The van der Waals surface area contributed by atoms with Crippen molar-refractivity contribution < 1.29 is 15.0 Å². The van der Waals surface area contributed by atoms with Gasteiger partial charge in [-0.2, -0.15) is 0 Å². The number of carbonyl (C=O) groups is 1. The maximum Gasteiger partial charge on any atom is 0.309 e. The summed E-state index contributed by atoms with van der Waals surface area (Å²) in [7, 11) is 0. The molecule has 2 rings (SSSR count). The van der Waals surface area contributed by atoms with Crippen LogP contribution in [0.3, 0.4) is 0 Å². The number of hydrogen-bond donors (Lipinski definition) is 2. The zero-order valence-corrected chi connectivity index (χ0v) is 21.1. The SMILES string of the molecule is CC(C)(CO)CCCCc1ccc(/C=C/c2ccc(CCCCC(C)(C)C(=O)O)s2)s1. The lowest BCUT2D eigenvalue weighted by molar-refractivity contribution is -0.147. The van der Waals surface area contributed by atoms with Gasteiger partial charge in [0.25, 0.3) is 0 Å². The smallest absolute Gasteiger partial charge is 0.309 e. The summed E-state index contributed by atoms with van der Waals surface area (Å²) in [6, 6.07) is 8.81. The van der Waals surface area contributed by atoms with Crippen LogP contribution >= 0.6 is 22.7 Å². The Hall–Kier alpha value is -1.43. The van der Waals surface area contributed by atoms with E-state index in [1.54, 1.807) is 13.8 Å². The third kappa shape index (κ3) is 9.30. The minimum Gasteiger partial charge on any atom is -0.481 e. The standard InChI is InChI=1S/C26H38O3S2/c1-25(2,19-27)17-7-5-9-20-11-13-22(30-20)15-16-23-14-12-21(31-23)10-6-8-18-26(3,4)24(28)29/h11-16,27H,5-10,17-19H2,1-4H3,(H,28,29)/b16-15+. The predicted molar refractivity (Wildman–Crippen MR) is 135 cm³/mol. The fraction of sp³-hybridized carbons (Fsp3) is 0.577. The average molecular weight is 463 g/mol. The summed E-state index contributed by atoms with van der Waals surface area (Å²) < 4.78 is 0. The molecule has 2 aromatic rings. The first kappa shape index (κ1) is 25.8. The monoisotopic (exact) mass is 462 g/mol. The highest BCUT2D eigenvalue weighted by Gasteiger charge is 2.26. The maximum atomic E-state index is 11.2. The number of rotatable bonds is 14. The van der Waals surface area contributed by atoms with Gasteiger partial charge >= 0.3 is 5.97 Å². The first-order valence-electron chi connectivity index (χ1n) is 11.3. The van der Waals surface area contributed by atoms with Crippen LogP contribution in [0.15, 0.2) is 24.3 Å². The number of hydrogen-bond acceptors (Lipinski definition) is 4. The second kappa shape index (κ2) is 12.0. The lowest BCUT2D eigenvalue weighted by Gasteiger charge is -2.20. The van der Waals surface area contributed by atoms with Crippen LogP contribution < -0.4 is 0 Å². The molecular formula is C26H38O3S2. The summed E-state index contributed by atoms with van der Waals surface area (Å²) >= 11 is 3.69. The molecule has 0 saturated carbocycles. The van der Waals surface area contributed by atoms with E-state index in [0.29, 0.717) is 0 Å². The highest BCUT2D eigenvalue weighted by molar-refractivity contribution is 7.13. The van der Waals surface area contributed by atoms with Crippen LogP contribution in [0, 0.1) is 10.8 Å². The van der Waals surface area contributed by atoms with Crippen molar-refractivity contribution in [2.24, 2.45) is 10.8 Å². The fourth-order valence-electron chi connectivity index (χ4n) is 3.36. The highest BCUT2D eigenvalue weighted by atomic mass is 32.1. The summed E-state index contributed by atoms with van der Waals surface area (Å²) in [5, 5.41) is 18.5. The van der Waals surface area contributed by atoms with E-state index in [-0.39, 0.29) is 12.0 Å². The lowest BCUT2D eigenvalue weighted by Crippen LogP contribution is -2.23. The van der Waals surface area contributed by atoms with E-state index in [4.69, 9.17) is 0 Å². The summed E-state index contributed by atoms with van der Waals surface area (Å²) in [5.41, 5.74) is -0.586. The van der Waals surface area contributed by atoms with E-state index in [1.807, 2.05) is 22.7 Å². The maximum absolute atomic E-state index is 11.2. The van der Waals surface area contributed by atoms with Gasteiger partial charge in [-0.1, -0.05) is 26.7 Å². The van der Waals surface area contributed by atoms with Crippen LogP contribution in [-0.2, 0) is 17.6 Å². The van der Waals surface area contributed by atoms with E-state index >= 15 is 0 Å². The van der Waals surface area contributed by atoms with E-state index < -0.39 is 11.4 Å². The molecule has 31 heavy (non-hydrogen) atoms. The molecule has 3 nitrogen and oxygen atoms in total. The Labute approximate surface area is 195 Å². The Balaban J connectivity index is 1.73. The van der Waals surface area contributed by atoms with Gasteiger partial charge in [0.05, 0.1) is 5.41 Å². The molecule has 2 N–H and O–H groups in total. The van der Waals surface area contributed by atoms with E-state index in [0.717, 1.165) is 44.9 Å². The van der Waals surface area contributed by atoms with Crippen molar-refractivity contribution in [3.05, 3.63) is 43.8 Å². The van der Waals surface area contributed by atoms with Crippen molar-refractivity contribution in [3.63, 3.8) is 0 Å². The van der Waals surface area contributed by atoms with Gasteiger partial charge in [0.2, 0.25) is 0 Å². The van der Waals surface area contributed by atoms with Crippen LogP contribution in [0.2, 0.25) is 0 Å². The number of aliphatic hydroxyl groups is 1. The molecule has 172 valence electrons. The van der Waals surface area contributed by atoms with E-state index in [2.05, 4.69) is 50.3 Å². The topological polar surface area (TPSA) is 57.5 Å². The Bertz CT molecular complexity index is 842. The van der Waals surface area contributed by atoms with Crippen molar-refractivity contribution in [3.8, 4) is 0 Å². The number of carboxylic acid groups (broad SMARTS) is 1. The summed E-state index contributed by atoms with van der Waals surface area (Å²) in [6.07, 6.45) is 12.6. The Morgan fingerprint density at radius 3 is 1.77 bits per heavy atom. The van der Waals surface area contributed by atoms with Crippen LogP contribution in [-0.4, -0.2) is 22.8 Å². The molecule has 0 bridgehead atoms. The van der Waals surface area contributed by atoms with Crippen LogP contribution in [0.25, 0.3) is 12.2 Å². The van der Waals surface area contributed by atoms with Crippen molar-refractivity contribution in [2.45, 2.75) is 79.1 Å². The fourth-order valence-corrected chi connectivity index (χ4v) is 5.27. The molecule has 0 amide bonds. The molecule has 0 fully saturated rings. The number of thiophene rings is 2.